The summed E-state index contributed by atoms with van der Waals surface area (Å²) in [7, 11) is 0. The van der Waals surface area contributed by atoms with Gasteiger partial charge in [-0.15, -0.1) is 0 Å². The number of likely N-dealkylation sites (tertiary alicyclic amines) is 1. The number of nitrogens with two attached hydrogens (primary N) is 1. The van der Waals surface area contributed by atoms with Gasteiger partial charge in [-0.3, -0.25) is 9.78 Å². The predicted octanol–water partition coefficient (Wildman–Crippen LogP) is 2.15. The molecule has 1 amide bonds. The van der Waals surface area contributed by atoms with E-state index in [1.165, 1.54) is 0 Å². The average molecular weight is 427 g/mol. The number of anilines is 1. The van der Waals surface area contributed by atoms with Crippen LogP contribution in [0.3, 0.4) is 0 Å². The highest BCUT2D eigenvalue weighted by atomic mass is 19.4. The highest BCUT2D eigenvalue weighted by Crippen LogP contribution is 2.27. The molecule has 158 valence electrons. The van der Waals surface area contributed by atoms with Crippen molar-refractivity contribution in [1.82, 2.24) is 19.9 Å². The minimum Gasteiger partial charge on any atom is -0.383 e. The smallest absolute Gasteiger partial charge is 0.383 e. The first-order valence-corrected chi connectivity index (χ1v) is 9.24. The van der Waals surface area contributed by atoms with Crippen molar-refractivity contribution in [3.63, 3.8) is 0 Å². The SMILES string of the molecule is Nc1nc(-c2cccc(C#C[C@]3(O)CCN(CC(F)(F)F)C3=O)c2)nc2cnccc12. The number of nitrogen functional groups attached to an aromatic ring is 1. The van der Waals surface area contributed by atoms with Gasteiger partial charge in [0.05, 0.1) is 11.7 Å². The monoisotopic (exact) mass is 427 g/mol. The number of aromatic nitrogens is 3. The summed E-state index contributed by atoms with van der Waals surface area (Å²) in [5.41, 5.74) is 5.43. The molecular formula is C21H16F3N5O2. The van der Waals surface area contributed by atoms with E-state index in [1.807, 2.05) is 0 Å². The largest absolute Gasteiger partial charge is 0.406 e. The van der Waals surface area contributed by atoms with Crippen LogP contribution in [0, 0.1) is 11.8 Å². The van der Waals surface area contributed by atoms with E-state index in [4.69, 9.17) is 5.73 Å². The normalized spacial score (nSPS) is 18.8. The molecule has 1 aliphatic heterocycles. The Labute approximate surface area is 174 Å². The summed E-state index contributed by atoms with van der Waals surface area (Å²) >= 11 is 0. The van der Waals surface area contributed by atoms with Gasteiger partial charge in [0.2, 0.25) is 5.60 Å². The summed E-state index contributed by atoms with van der Waals surface area (Å²) < 4.78 is 37.7. The zero-order valence-corrected chi connectivity index (χ0v) is 16.0. The van der Waals surface area contributed by atoms with Gasteiger partial charge in [0, 0.05) is 35.7 Å². The number of benzene rings is 1. The number of fused-ring (bicyclic) bond motifs is 1. The number of amides is 1. The van der Waals surface area contributed by atoms with Crippen molar-refractivity contribution in [3.05, 3.63) is 48.3 Å². The van der Waals surface area contributed by atoms with E-state index in [9.17, 15) is 23.1 Å². The van der Waals surface area contributed by atoms with Crippen LogP contribution in [0.2, 0.25) is 0 Å². The summed E-state index contributed by atoms with van der Waals surface area (Å²) in [4.78, 5) is 25.5. The fourth-order valence-electron chi connectivity index (χ4n) is 3.30. The van der Waals surface area contributed by atoms with Gasteiger partial charge in [-0.2, -0.15) is 13.2 Å². The first kappa shape index (κ1) is 20.6. The lowest BCUT2D eigenvalue weighted by atomic mass is 10.0. The maximum atomic E-state index is 12.6. The quantitative estimate of drug-likeness (QED) is 0.608. The molecule has 3 aromatic rings. The van der Waals surface area contributed by atoms with Crippen LogP contribution in [-0.2, 0) is 4.79 Å². The second-order valence-corrected chi connectivity index (χ2v) is 7.11. The van der Waals surface area contributed by atoms with Crippen molar-refractivity contribution in [2.45, 2.75) is 18.2 Å². The number of alkyl halides is 3. The second-order valence-electron chi connectivity index (χ2n) is 7.11. The number of rotatable bonds is 2. The molecule has 1 aromatic carbocycles. The Hall–Kier alpha value is -3.71. The van der Waals surface area contributed by atoms with Crippen molar-refractivity contribution < 1.29 is 23.1 Å². The highest BCUT2D eigenvalue weighted by molar-refractivity contribution is 5.91. The summed E-state index contributed by atoms with van der Waals surface area (Å²) in [5, 5.41) is 11.1. The maximum Gasteiger partial charge on any atom is 0.406 e. The Morgan fingerprint density at radius 1 is 1.26 bits per heavy atom. The van der Waals surface area contributed by atoms with E-state index < -0.39 is 24.2 Å². The number of aliphatic hydroxyl groups is 1. The molecular weight excluding hydrogens is 411 g/mol. The summed E-state index contributed by atoms with van der Waals surface area (Å²) in [5.74, 6) is 4.68. The standard InChI is InChI=1S/C21H16F3N5O2/c22-21(23,24)12-29-9-7-20(31,19(29)30)6-4-13-2-1-3-14(10-13)18-27-16-11-26-8-5-15(16)17(25)28-18/h1-3,5,8,10-11,31H,7,9,12H2,(H2,25,27,28)/t20-/m0/s1. The number of halogens is 3. The number of hydrogen-bond donors (Lipinski definition) is 2. The molecule has 7 nitrogen and oxygen atoms in total. The Kier molecular flexibility index (Phi) is 4.99. The van der Waals surface area contributed by atoms with Crippen LogP contribution in [0.1, 0.15) is 12.0 Å². The number of nitrogens with zero attached hydrogens (tertiary/aromatic N) is 4. The van der Waals surface area contributed by atoms with Crippen molar-refractivity contribution in [3.8, 4) is 23.2 Å². The number of hydrogen-bond acceptors (Lipinski definition) is 6. The van der Waals surface area contributed by atoms with Crippen LogP contribution in [0.15, 0.2) is 42.7 Å². The molecule has 10 heteroatoms. The molecule has 1 fully saturated rings. The first-order valence-electron chi connectivity index (χ1n) is 9.24. The fourth-order valence-corrected chi connectivity index (χ4v) is 3.30. The lowest BCUT2D eigenvalue weighted by molar-refractivity contribution is -0.162. The van der Waals surface area contributed by atoms with Gasteiger partial charge in [-0.1, -0.05) is 24.0 Å². The Morgan fingerprint density at radius 3 is 2.84 bits per heavy atom. The molecule has 31 heavy (non-hydrogen) atoms. The number of pyridine rings is 1. The Morgan fingerprint density at radius 2 is 2.06 bits per heavy atom. The summed E-state index contributed by atoms with van der Waals surface area (Å²) in [6.07, 6.45) is -1.59. The fraction of sp³-hybridized carbons (Fsp3) is 0.238. The molecule has 1 atom stereocenters. The first-order chi connectivity index (χ1) is 14.6. The van der Waals surface area contributed by atoms with Crippen LogP contribution in [-0.4, -0.2) is 55.7 Å². The minimum absolute atomic E-state index is 0.202. The molecule has 0 aliphatic carbocycles. The van der Waals surface area contributed by atoms with Gasteiger partial charge in [0.15, 0.2) is 5.82 Å². The van der Waals surface area contributed by atoms with Crippen molar-refractivity contribution in [2.24, 2.45) is 0 Å². The van der Waals surface area contributed by atoms with E-state index in [0.29, 0.717) is 32.8 Å². The molecule has 1 saturated heterocycles. The number of carbonyl (C=O) groups is 1. The van der Waals surface area contributed by atoms with E-state index >= 15 is 0 Å². The lowest BCUT2D eigenvalue weighted by Gasteiger charge is -2.19. The van der Waals surface area contributed by atoms with Gasteiger partial charge < -0.3 is 15.7 Å². The van der Waals surface area contributed by atoms with Gasteiger partial charge in [-0.05, 0) is 18.2 Å². The van der Waals surface area contributed by atoms with Crippen molar-refractivity contribution in [1.29, 1.82) is 0 Å². The van der Waals surface area contributed by atoms with Crippen LogP contribution in [0.25, 0.3) is 22.3 Å². The third-order valence-electron chi connectivity index (χ3n) is 4.82. The van der Waals surface area contributed by atoms with Gasteiger partial charge >= 0.3 is 6.18 Å². The molecule has 3 heterocycles. The van der Waals surface area contributed by atoms with Crippen molar-refractivity contribution in [2.75, 3.05) is 18.8 Å². The van der Waals surface area contributed by atoms with Crippen molar-refractivity contribution >= 4 is 22.6 Å². The third-order valence-corrected chi connectivity index (χ3v) is 4.82. The maximum absolute atomic E-state index is 12.6. The number of carbonyl (C=O) groups excluding carboxylic acids is 1. The molecule has 0 bridgehead atoms. The molecule has 0 spiro atoms. The molecule has 2 aromatic heterocycles. The zero-order chi connectivity index (χ0) is 22.2. The van der Waals surface area contributed by atoms with E-state index in [1.54, 1.807) is 42.7 Å². The van der Waals surface area contributed by atoms with Crippen LogP contribution < -0.4 is 5.73 Å². The summed E-state index contributed by atoms with van der Waals surface area (Å²) in [6, 6.07) is 8.40. The average Bonchev–Trinajstić information content (AvgIpc) is 3.00. The van der Waals surface area contributed by atoms with Crippen LogP contribution in [0.4, 0.5) is 19.0 Å². The summed E-state index contributed by atoms with van der Waals surface area (Å²) in [6.45, 7) is -1.64. The Bertz CT molecular complexity index is 1230. The molecule has 1 aliphatic rings. The van der Waals surface area contributed by atoms with E-state index in [2.05, 4.69) is 26.8 Å². The van der Waals surface area contributed by atoms with E-state index in [0.717, 1.165) is 0 Å². The third kappa shape index (κ3) is 4.27. The van der Waals surface area contributed by atoms with Gasteiger partial charge in [-0.25, -0.2) is 9.97 Å². The van der Waals surface area contributed by atoms with Crippen LogP contribution >= 0.6 is 0 Å². The zero-order valence-electron chi connectivity index (χ0n) is 16.0. The topological polar surface area (TPSA) is 105 Å². The van der Waals surface area contributed by atoms with Crippen LogP contribution in [0.5, 0.6) is 0 Å². The van der Waals surface area contributed by atoms with Gasteiger partial charge in [0.1, 0.15) is 12.4 Å². The molecule has 0 radical (unpaired) electrons. The molecule has 4 rings (SSSR count). The molecule has 3 N–H and O–H groups in total. The highest BCUT2D eigenvalue weighted by Gasteiger charge is 2.47. The lowest BCUT2D eigenvalue weighted by Crippen LogP contribution is -2.42. The minimum atomic E-state index is -4.54. The molecule has 0 unspecified atom stereocenters. The predicted molar refractivity (Wildman–Crippen MR) is 106 cm³/mol. The van der Waals surface area contributed by atoms with Gasteiger partial charge in [0.25, 0.3) is 5.91 Å². The Balaban J connectivity index is 1.61. The van der Waals surface area contributed by atoms with E-state index in [-0.39, 0.29) is 18.8 Å². The second kappa shape index (κ2) is 7.52. The molecule has 0 saturated carbocycles.